The molecule has 0 amide bonds. The Morgan fingerprint density at radius 3 is 2.59 bits per heavy atom. The molecule has 9 heteroatoms. The van der Waals surface area contributed by atoms with Crippen LogP contribution >= 0.6 is 27.5 Å². The standard InChI is InChI=1S/C13H13BrClNO6/c14-5-1-4-7(2-6(5)15)16-3-8(4)21-13-11(19)9(17)10(18)12(20)22-13/h1-3,9-13,16-20H/t9-,10+,11+,12-,13+/m0/s1. The van der Waals surface area contributed by atoms with Crippen LogP contribution in [0.4, 0.5) is 0 Å². The zero-order valence-corrected chi connectivity index (χ0v) is 13.3. The molecule has 2 heterocycles. The lowest BCUT2D eigenvalue weighted by Gasteiger charge is -2.37. The number of halogens is 2. The van der Waals surface area contributed by atoms with Gasteiger partial charge < -0.3 is 34.9 Å². The van der Waals surface area contributed by atoms with E-state index in [-0.39, 0.29) is 0 Å². The Bertz CT molecular complexity index is 694. The summed E-state index contributed by atoms with van der Waals surface area (Å²) >= 11 is 9.30. The SMILES string of the molecule is O[C@H]1[C@@H](O)[C@@H](O)O[C@@H](Oc2c[nH]c3cc(Cl)c(Br)cc23)[C@@H]1O. The molecule has 120 valence electrons. The van der Waals surface area contributed by atoms with Crippen LogP contribution in [0.5, 0.6) is 5.75 Å². The molecule has 1 aromatic carbocycles. The van der Waals surface area contributed by atoms with E-state index in [1.807, 2.05) is 0 Å². The maximum atomic E-state index is 9.88. The number of ether oxygens (including phenoxy) is 2. The molecule has 0 aliphatic carbocycles. The molecule has 0 saturated carbocycles. The highest BCUT2D eigenvalue weighted by Crippen LogP contribution is 2.34. The summed E-state index contributed by atoms with van der Waals surface area (Å²) in [7, 11) is 0. The van der Waals surface area contributed by atoms with Crippen molar-refractivity contribution in [2.24, 2.45) is 0 Å². The van der Waals surface area contributed by atoms with Gasteiger partial charge in [0.1, 0.15) is 24.1 Å². The quantitative estimate of drug-likeness (QED) is 0.513. The van der Waals surface area contributed by atoms with E-state index < -0.39 is 30.9 Å². The van der Waals surface area contributed by atoms with Crippen molar-refractivity contribution >= 4 is 38.4 Å². The smallest absolute Gasteiger partial charge is 0.231 e. The first-order valence-electron chi connectivity index (χ1n) is 6.39. The number of fused-ring (bicyclic) bond motifs is 1. The molecule has 1 fully saturated rings. The molecule has 0 radical (unpaired) electrons. The van der Waals surface area contributed by atoms with Crippen molar-refractivity contribution in [1.82, 2.24) is 4.98 Å². The van der Waals surface area contributed by atoms with Crippen LogP contribution in [-0.2, 0) is 4.74 Å². The third-order valence-electron chi connectivity index (χ3n) is 3.47. The van der Waals surface area contributed by atoms with E-state index in [9.17, 15) is 20.4 Å². The molecule has 5 atom stereocenters. The van der Waals surface area contributed by atoms with Gasteiger partial charge in [0.05, 0.1) is 10.5 Å². The van der Waals surface area contributed by atoms with E-state index in [1.165, 1.54) is 6.20 Å². The summed E-state index contributed by atoms with van der Waals surface area (Å²) in [6, 6.07) is 3.42. The monoisotopic (exact) mass is 393 g/mol. The number of benzene rings is 1. The van der Waals surface area contributed by atoms with Gasteiger partial charge in [0, 0.05) is 16.1 Å². The fourth-order valence-corrected chi connectivity index (χ4v) is 2.75. The molecule has 7 nitrogen and oxygen atoms in total. The van der Waals surface area contributed by atoms with Crippen molar-refractivity contribution in [2.75, 3.05) is 0 Å². The first-order chi connectivity index (χ1) is 10.4. The van der Waals surface area contributed by atoms with Gasteiger partial charge in [-0.3, -0.25) is 0 Å². The Morgan fingerprint density at radius 2 is 1.86 bits per heavy atom. The molecule has 3 rings (SSSR count). The largest absolute Gasteiger partial charge is 0.460 e. The van der Waals surface area contributed by atoms with Crippen LogP contribution < -0.4 is 4.74 Å². The molecule has 22 heavy (non-hydrogen) atoms. The normalized spacial score (nSPS) is 32.4. The zero-order valence-electron chi connectivity index (χ0n) is 11.0. The summed E-state index contributed by atoms with van der Waals surface area (Å²) in [5.41, 5.74) is 0.703. The van der Waals surface area contributed by atoms with Crippen molar-refractivity contribution < 1.29 is 29.9 Å². The molecular weight excluding hydrogens is 382 g/mol. The first-order valence-corrected chi connectivity index (χ1v) is 7.56. The second-order valence-electron chi connectivity index (χ2n) is 4.95. The minimum atomic E-state index is -1.66. The molecular formula is C13H13BrClNO6. The Labute approximate surface area is 138 Å². The summed E-state index contributed by atoms with van der Waals surface area (Å²) in [5, 5.41) is 39.7. The number of nitrogens with one attached hydrogen (secondary N) is 1. The number of hydrogen-bond acceptors (Lipinski definition) is 6. The molecule has 1 aromatic heterocycles. The third-order valence-corrected chi connectivity index (χ3v) is 4.67. The highest BCUT2D eigenvalue weighted by atomic mass is 79.9. The van der Waals surface area contributed by atoms with Gasteiger partial charge in [-0.05, 0) is 28.1 Å². The van der Waals surface area contributed by atoms with Crippen LogP contribution in [0.1, 0.15) is 0 Å². The van der Waals surface area contributed by atoms with Gasteiger partial charge in [-0.15, -0.1) is 0 Å². The number of rotatable bonds is 2. The van der Waals surface area contributed by atoms with Gasteiger partial charge in [0.25, 0.3) is 0 Å². The summed E-state index contributed by atoms with van der Waals surface area (Å²) < 4.78 is 11.1. The van der Waals surface area contributed by atoms with Crippen molar-refractivity contribution in [3.05, 3.63) is 27.8 Å². The maximum absolute atomic E-state index is 9.88. The minimum absolute atomic E-state index is 0.340. The van der Waals surface area contributed by atoms with Gasteiger partial charge in [-0.25, -0.2) is 0 Å². The number of aromatic nitrogens is 1. The summed E-state index contributed by atoms with van der Waals surface area (Å²) in [5.74, 6) is 0.340. The number of aromatic amines is 1. The first kappa shape index (κ1) is 16.0. The third kappa shape index (κ3) is 2.71. The Hall–Kier alpha value is -0.870. The predicted molar refractivity (Wildman–Crippen MR) is 80.5 cm³/mol. The zero-order chi connectivity index (χ0) is 16.0. The van der Waals surface area contributed by atoms with Crippen LogP contribution in [0.15, 0.2) is 22.8 Å². The molecule has 0 bridgehead atoms. The highest BCUT2D eigenvalue weighted by molar-refractivity contribution is 9.10. The Kier molecular flexibility index (Phi) is 4.34. The number of aliphatic hydroxyl groups is 4. The van der Waals surface area contributed by atoms with E-state index in [0.717, 1.165) is 0 Å². The predicted octanol–water partition coefficient (Wildman–Crippen LogP) is 0.720. The second-order valence-corrected chi connectivity index (χ2v) is 6.21. The van der Waals surface area contributed by atoms with E-state index in [1.54, 1.807) is 12.1 Å². The highest BCUT2D eigenvalue weighted by Gasteiger charge is 2.44. The van der Waals surface area contributed by atoms with Gasteiger partial charge in [0.2, 0.25) is 6.29 Å². The Morgan fingerprint density at radius 1 is 1.14 bits per heavy atom. The van der Waals surface area contributed by atoms with E-state index >= 15 is 0 Å². The lowest BCUT2D eigenvalue weighted by atomic mass is 10.0. The lowest BCUT2D eigenvalue weighted by Crippen LogP contribution is -2.59. The van der Waals surface area contributed by atoms with Crippen LogP contribution in [0, 0.1) is 0 Å². The second kappa shape index (κ2) is 5.97. The van der Waals surface area contributed by atoms with E-state index in [2.05, 4.69) is 20.9 Å². The van der Waals surface area contributed by atoms with Crippen LogP contribution in [0.2, 0.25) is 5.02 Å². The minimum Gasteiger partial charge on any atom is -0.460 e. The number of H-pyrrole nitrogens is 1. The van der Waals surface area contributed by atoms with Crippen molar-refractivity contribution in [3.63, 3.8) is 0 Å². The van der Waals surface area contributed by atoms with Gasteiger partial charge in [0.15, 0.2) is 6.29 Å². The summed E-state index contributed by atoms with van der Waals surface area (Å²) in [4.78, 5) is 2.95. The lowest BCUT2D eigenvalue weighted by molar-refractivity contribution is -0.321. The number of aliphatic hydroxyl groups excluding tert-OH is 4. The number of hydrogen-bond donors (Lipinski definition) is 5. The maximum Gasteiger partial charge on any atom is 0.231 e. The fraction of sp³-hybridized carbons (Fsp3) is 0.385. The van der Waals surface area contributed by atoms with E-state index in [4.69, 9.17) is 21.1 Å². The summed E-state index contributed by atoms with van der Waals surface area (Å²) in [6.07, 6.45) is -6.16. The molecule has 1 aliphatic rings. The van der Waals surface area contributed by atoms with Gasteiger partial charge >= 0.3 is 0 Å². The van der Waals surface area contributed by atoms with Gasteiger partial charge in [-0.1, -0.05) is 11.6 Å². The van der Waals surface area contributed by atoms with Crippen molar-refractivity contribution in [2.45, 2.75) is 30.9 Å². The molecule has 2 aromatic rings. The average molecular weight is 395 g/mol. The van der Waals surface area contributed by atoms with Crippen LogP contribution in [0.25, 0.3) is 10.9 Å². The molecule has 5 N–H and O–H groups in total. The molecule has 0 unspecified atom stereocenters. The molecule has 0 spiro atoms. The average Bonchev–Trinajstić information content (AvgIpc) is 2.85. The summed E-state index contributed by atoms with van der Waals surface area (Å²) in [6.45, 7) is 0. The van der Waals surface area contributed by atoms with Crippen LogP contribution in [-0.4, -0.2) is 56.3 Å². The van der Waals surface area contributed by atoms with Crippen molar-refractivity contribution in [3.8, 4) is 5.75 Å². The molecule has 1 saturated heterocycles. The topological polar surface area (TPSA) is 115 Å². The fourth-order valence-electron chi connectivity index (χ4n) is 2.24. The van der Waals surface area contributed by atoms with E-state index in [0.29, 0.717) is 26.1 Å². The van der Waals surface area contributed by atoms with Gasteiger partial charge in [-0.2, -0.15) is 0 Å². The van der Waals surface area contributed by atoms with Crippen molar-refractivity contribution in [1.29, 1.82) is 0 Å². The Balaban J connectivity index is 1.88. The molecule has 1 aliphatic heterocycles. The van der Waals surface area contributed by atoms with Crippen LogP contribution in [0.3, 0.4) is 0 Å².